The predicted octanol–water partition coefficient (Wildman–Crippen LogP) is 5.05. The minimum Gasteiger partial charge on any atom is -0.493 e. The Labute approximate surface area is 202 Å². The maximum atomic E-state index is 13.3. The third kappa shape index (κ3) is 4.82. The zero-order valence-electron chi connectivity index (χ0n) is 17.8. The van der Waals surface area contributed by atoms with E-state index in [1.165, 1.54) is 41.5 Å². The fourth-order valence-corrected chi connectivity index (χ4v) is 5.42. The lowest BCUT2D eigenvalue weighted by molar-refractivity contribution is -0.137. The van der Waals surface area contributed by atoms with E-state index in [4.69, 9.17) is 9.47 Å². The van der Waals surface area contributed by atoms with Crippen molar-refractivity contribution < 1.29 is 31.1 Å². The summed E-state index contributed by atoms with van der Waals surface area (Å²) in [7, 11) is -3.89. The molecule has 1 unspecified atom stereocenters. The number of nitrogens with zero attached hydrogens (tertiary/aromatic N) is 3. The highest BCUT2D eigenvalue weighted by molar-refractivity contribution is 7.93. The molecule has 0 amide bonds. The van der Waals surface area contributed by atoms with Crippen LogP contribution in [0, 0.1) is 0 Å². The number of fused-ring (bicyclic) bond motifs is 1. The van der Waals surface area contributed by atoms with Gasteiger partial charge in [-0.1, -0.05) is 6.07 Å². The molecule has 4 aromatic rings. The molecule has 0 fully saturated rings. The number of hydrogen-bond acceptors (Lipinski definition) is 7. The molecule has 8 nitrogen and oxygen atoms in total. The first-order valence-electron chi connectivity index (χ1n) is 10.3. The highest BCUT2D eigenvalue weighted by atomic mass is 32.2. The highest BCUT2D eigenvalue weighted by Gasteiger charge is 2.32. The van der Waals surface area contributed by atoms with Crippen LogP contribution in [0.4, 0.5) is 18.3 Å². The molecule has 1 aliphatic rings. The van der Waals surface area contributed by atoms with Crippen LogP contribution in [0.25, 0.3) is 5.69 Å². The molecule has 0 saturated heterocycles. The minimum absolute atomic E-state index is 0.0149. The Kier molecular flexibility index (Phi) is 5.89. The van der Waals surface area contributed by atoms with E-state index in [0.29, 0.717) is 17.7 Å². The van der Waals surface area contributed by atoms with E-state index < -0.39 is 27.9 Å². The Bertz CT molecular complexity index is 1440. The maximum Gasteiger partial charge on any atom is 0.416 e. The van der Waals surface area contributed by atoms with E-state index in [-0.39, 0.29) is 28.1 Å². The van der Waals surface area contributed by atoms with E-state index in [1.807, 2.05) is 0 Å². The Morgan fingerprint density at radius 3 is 2.74 bits per heavy atom. The average Bonchev–Trinajstić information content (AvgIpc) is 3.53. The second-order valence-electron chi connectivity index (χ2n) is 7.52. The van der Waals surface area contributed by atoms with E-state index in [9.17, 15) is 21.6 Å². The lowest BCUT2D eigenvalue weighted by atomic mass is 10.0. The number of benzene rings is 2. The monoisotopic (exact) mass is 522 g/mol. The molecule has 182 valence electrons. The Morgan fingerprint density at radius 1 is 1.17 bits per heavy atom. The van der Waals surface area contributed by atoms with Crippen LogP contribution in [0.1, 0.15) is 23.7 Å². The van der Waals surface area contributed by atoms with Gasteiger partial charge in [0.2, 0.25) is 0 Å². The molecule has 0 radical (unpaired) electrons. The van der Waals surface area contributed by atoms with Gasteiger partial charge in [-0.2, -0.15) is 18.3 Å². The highest BCUT2D eigenvalue weighted by Crippen LogP contribution is 2.40. The van der Waals surface area contributed by atoms with Crippen LogP contribution < -0.4 is 14.2 Å². The molecule has 1 atom stereocenters. The van der Waals surface area contributed by atoms with Crippen LogP contribution in [-0.4, -0.2) is 29.8 Å². The fourth-order valence-electron chi connectivity index (χ4n) is 3.61. The third-order valence-electron chi connectivity index (χ3n) is 5.24. The molecule has 0 saturated carbocycles. The van der Waals surface area contributed by atoms with Crippen LogP contribution in [-0.2, 0) is 16.2 Å². The Balaban J connectivity index is 1.46. The average molecular weight is 523 g/mol. The number of rotatable bonds is 6. The number of sulfonamides is 1. The molecule has 1 N–H and O–H groups in total. The van der Waals surface area contributed by atoms with E-state index in [0.717, 1.165) is 23.5 Å². The van der Waals surface area contributed by atoms with Crippen molar-refractivity contribution in [3.05, 3.63) is 77.6 Å². The van der Waals surface area contributed by atoms with Crippen LogP contribution in [0.15, 0.2) is 71.3 Å². The lowest BCUT2D eigenvalue weighted by Crippen LogP contribution is -2.20. The molecule has 2 aromatic heterocycles. The van der Waals surface area contributed by atoms with Crippen molar-refractivity contribution in [2.24, 2.45) is 0 Å². The molecule has 0 aliphatic carbocycles. The predicted molar refractivity (Wildman–Crippen MR) is 121 cm³/mol. The number of anilines is 1. The topological polar surface area (TPSA) is 95.3 Å². The first kappa shape index (κ1) is 23.2. The van der Waals surface area contributed by atoms with E-state index in [1.54, 1.807) is 17.5 Å². The zero-order valence-corrected chi connectivity index (χ0v) is 19.4. The molecule has 0 spiro atoms. The normalized spacial score (nSPS) is 15.8. The third-order valence-corrected chi connectivity index (χ3v) is 7.39. The number of halogens is 3. The number of thiazole rings is 1. The molecular formula is C22H17F3N4O4S2. The van der Waals surface area contributed by atoms with Crippen molar-refractivity contribution in [2.45, 2.75) is 23.6 Å². The lowest BCUT2D eigenvalue weighted by Gasteiger charge is -2.28. The summed E-state index contributed by atoms with van der Waals surface area (Å²) in [4.78, 5) is 3.91. The number of aromatic nitrogens is 3. The summed E-state index contributed by atoms with van der Waals surface area (Å²) in [5, 5.41) is 5.93. The molecule has 3 heterocycles. The zero-order chi connectivity index (χ0) is 24.6. The van der Waals surface area contributed by atoms with Gasteiger partial charge in [0.05, 0.1) is 17.1 Å². The van der Waals surface area contributed by atoms with Gasteiger partial charge in [0.25, 0.3) is 10.0 Å². The van der Waals surface area contributed by atoms with Crippen LogP contribution in [0.3, 0.4) is 0 Å². The molecule has 5 rings (SSSR count). The number of nitrogens with one attached hydrogen (secondary N) is 1. The quantitative estimate of drug-likeness (QED) is 0.381. The number of hydrogen-bond donors (Lipinski definition) is 1. The van der Waals surface area contributed by atoms with Crippen LogP contribution in [0.5, 0.6) is 11.5 Å². The van der Waals surface area contributed by atoms with Crippen molar-refractivity contribution in [3.8, 4) is 17.2 Å². The Morgan fingerprint density at radius 2 is 2.03 bits per heavy atom. The first-order valence-corrected chi connectivity index (χ1v) is 12.6. The van der Waals surface area contributed by atoms with Gasteiger partial charge >= 0.3 is 6.18 Å². The van der Waals surface area contributed by atoms with Gasteiger partial charge in [-0.05, 0) is 30.3 Å². The largest absolute Gasteiger partial charge is 0.493 e. The van der Waals surface area contributed by atoms with E-state index >= 15 is 0 Å². The molecule has 0 bridgehead atoms. The number of ether oxygens (including phenoxy) is 2. The van der Waals surface area contributed by atoms with Gasteiger partial charge in [0, 0.05) is 42.0 Å². The van der Waals surface area contributed by atoms with Crippen molar-refractivity contribution in [3.63, 3.8) is 0 Å². The summed E-state index contributed by atoms with van der Waals surface area (Å²) in [6.45, 7) is 0.235. The minimum atomic E-state index is -4.53. The van der Waals surface area contributed by atoms with Crippen LogP contribution in [0.2, 0.25) is 0 Å². The molecule has 13 heteroatoms. The summed E-state index contributed by atoms with van der Waals surface area (Å²) in [5.74, 6) is 0.512. The van der Waals surface area contributed by atoms with Gasteiger partial charge in [0.15, 0.2) is 5.13 Å². The Hall–Kier alpha value is -3.58. The molecular weight excluding hydrogens is 505 g/mol. The van der Waals surface area contributed by atoms with Crippen molar-refractivity contribution in [2.75, 3.05) is 11.3 Å². The summed E-state index contributed by atoms with van der Waals surface area (Å²) >= 11 is 1.15. The maximum absolute atomic E-state index is 13.3. The van der Waals surface area contributed by atoms with E-state index in [2.05, 4.69) is 14.8 Å². The first-order chi connectivity index (χ1) is 16.7. The second kappa shape index (κ2) is 8.89. The molecule has 2 aromatic carbocycles. The molecule has 1 aliphatic heterocycles. The summed E-state index contributed by atoms with van der Waals surface area (Å²) in [6, 6.07) is 9.16. The summed E-state index contributed by atoms with van der Waals surface area (Å²) in [5.41, 5.74) is -0.120. The summed E-state index contributed by atoms with van der Waals surface area (Å²) in [6.07, 6.45) is -0.230. The van der Waals surface area contributed by atoms with Gasteiger partial charge in [-0.15, -0.1) is 11.3 Å². The smallest absolute Gasteiger partial charge is 0.416 e. The van der Waals surface area contributed by atoms with Crippen molar-refractivity contribution in [1.29, 1.82) is 0 Å². The SMILES string of the molecule is O=S(=O)(Nc1nccs1)c1ccc2c(c1)OCCC2Oc1ccc(C(F)(F)F)cc1-n1cccn1. The number of alkyl halides is 3. The van der Waals surface area contributed by atoms with Gasteiger partial charge < -0.3 is 9.47 Å². The van der Waals surface area contributed by atoms with Gasteiger partial charge in [-0.25, -0.2) is 18.1 Å². The van der Waals surface area contributed by atoms with Crippen LogP contribution >= 0.6 is 11.3 Å². The van der Waals surface area contributed by atoms with Crippen molar-refractivity contribution >= 4 is 26.5 Å². The van der Waals surface area contributed by atoms with Crippen molar-refractivity contribution in [1.82, 2.24) is 14.8 Å². The second-order valence-corrected chi connectivity index (χ2v) is 10.1. The standard InChI is InChI=1S/C22H17F3N4O4S2/c23-22(24,25)14-2-5-19(17(12-14)29-9-1-7-27-29)33-18-6-10-32-20-13-15(3-4-16(18)20)35(30,31)28-21-26-8-11-34-21/h1-5,7-9,11-13,18H,6,10H2,(H,26,28). The molecule has 35 heavy (non-hydrogen) atoms. The summed E-state index contributed by atoms with van der Waals surface area (Å²) < 4.78 is 80.9. The van der Waals surface area contributed by atoms with Gasteiger partial charge in [-0.3, -0.25) is 4.72 Å². The van der Waals surface area contributed by atoms with Gasteiger partial charge in [0.1, 0.15) is 23.3 Å². The fraction of sp³-hybridized carbons (Fsp3) is 0.182.